The third-order valence-corrected chi connectivity index (χ3v) is 4.59. The molecule has 0 aromatic heterocycles. The summed E-state index contributed by atoms with van der Waals surface area (Å²) in [7, 11) is 0. The molecule has 24 heavy (non-hydrogen) atoms. The summed E-state index contributed by atoms with van der Waals surface area (Å²) < 4.78 is 0. The van der Waals surface area contributed by atoms with Gasteiger partial charge in [0.1, 0.15) is 0 Å². The standard InChI is InChI=1S/C21H23NO2/c1-15-5-6-16(2)19(13-15)20(21(23)24)14-17-7-9-18(10-8-17)22-11-3-4-12-22/h5-10,13-14H,3-4,11-12H2,1-2H3,(H,23,24)/b20-14-. The summed E-state index contributed by atoms with van der Waals surface area (Å²) in [5.74, 6) is -0.896. The molecule has 0 unspecified atom stereocenters. The molecule has 0 saturated carbocycles. The number of hydrogen-bond donors (Lipinski definition) is 1. The van der Waals surface area contributed by atoms with Crippen LogP contribution in [0.2, 0.25) is 0 Å². The van der Waals surface area contributed by atoms with E-state index in [1.54, 1.807) is 6.08 Å². The van der Waals surface area contributed by atoms with E-state index in [9.17, 15) is 9.90 Å². The van der Waals surface area contributed by atoms with Gasteiger partial charge in [0.05, 0.1) is 5.57 Å². The molecule has 0 bridgehead atoms. The first-order valence-corrected chi connectivity index (χ1v) is 8.42. The zero-order valence-electron chi connectivity index (χ0n) is 14.2. The first-order chi connectivity index (χ1) is 11.5. The van der Waals surface area contributed by atoms with Gasteiger partial charge >= 0.3 is 5.97 Å². The molecule has 3 rings (SSSR count). The molecule has 2 aromatic rings. The zero-order chi connectivity index (χ0) is 17.1. The predicted octanol–water partition coefficient (Wildman–Crippen LogP) is 4.53. The van der Waals surface area contributed by atoms with Crippen molar-refractivity contribution in [3.05, 3.63) is 64.7 Å². The fourth-order valence-electron chi connectivity index (χ4n) is 3.20. The Bertz CT molecular complexity index is 769. The second kappa shape index (κ2) is 6.91. The number of anilines is 1. The van der Waals surface area contributed by atoms with Crippen LogP contribution in [0.5, 0.6) is 0 Å². The SMILES string of the molecule is Cc1ccc(C)c(/C(=C/c2ccc(N3CCCC3)cc2)C(=O)O)c1. The average molecular weight is 321 g/mol. The van der Waals surface area contributed by atoms with Gasteiger partial charge in [-0.15, -0.1) is 0 Å². The summed E-state index contributed by atoms with van der Waals surface area (Å²) in [6, 6.07) is 14.1. The first-order valence-electron chi connectivity index (χ1n) is 8.42. The predicted molar refractivity (Wildman–Crippen MR) is 99.3 cm³/mol. The van der Waals surface area contributed by atoms with E-state index in [1.807, 2.05) is 44.2 Å². The van der Waals surface area contributed by atoms with E-state index in [4.69, 9.17) is 0 Å². The number of carbonyl (C=O) groups is 1. The van der Waals surface area contributed by atoms with Crippen LogP contribution in [0.4, 0.5) is 5.69 Å². The van der Waals surface area contributed by atoms with E-state index >= 15 is 0 Å². The highest BCUT2D eigenvalue weighted by atomic mass is 16.4. The summed E-state index contributed by atoms with van der Waals surface area (Å²) in [6.07, 6.45) is 4.26. The lowest BCUT2D eigenvalue weighted by Gasteiger charge is -2.17. The summed E-state index contributed by atoms with van der Waals surface area (Å²) in [5, 5.41) is 9.65. The highest BCUT2D eigenvalue weighted by Gasteiger charge is 2.14. The van der Waals surface area contributed by atoms with Crippen LogP contribution < -0.4 is 4.90 Å². The molecule has 3 heteroatoms. The molecule has 124 valence electrons. The maximum atomic E-state index is 11.8. The Morgan fingerprint density at radius 3 is 2.33 bits per heavy atom. The molecule has 3 nitrogen and oxygen atoms in total. The zero-order valence-corrected chi connectivity index (χ0v) is 14.2. The van der Waals surface area contributed by atoms with E-state index in [0.717, 1.165) is 35.3 Å². The van der Waals surface area contributed by atoms with Crippen molar-refractivity contribution in [3.63, 3.8) is 0 Å². The Balaban J connectivity index is 1.93. The molecule has 0 amide bonds. The largest absolute Gasteiger partial charge is 0.478 e. The summed E-state index contributed by atoms with van der Waals surface area (Å²) in [5.41, 5.74) is 5.29. The maximum Gasteiger partial charge on any atom is 0.336 e. The van der Waals surface area contributed by atoms with Crippen molar-refractivity contribution in [2.45, 2.75) is 26.7 Å². The monoisotopic (exact) mass is 321 g/mol. The van der Waals surface area contributed by atoms with Gasteiger partial charge in [0.2, 0.25) is 0 Å². The van der Waals surface area contributed by atoms with Crippen molar-refractivity contribution in [1.29, 1.82) is 0 Å². The van der Waals surface area contributed by atoms with Gasteiger partial charge in [-0.25, -0.2) is 4.79 Å². The van der Waals surface area contributed by atoms with Gasteiger partial charge in [-0.05, 0) is 61.6 Å². The van der Waals surface area contributed by atoms with Gasteiger partial charge < -0.3 is 10.0 Å². The molecule has 0 spiro atoms. The Kier molecular flexibility index (Phi) is 4.70. The van der Waals surface area contributed by atoms with E-state index in [0.29, 0.717) is 5.57 Å². The van der Waals surface area contributed by atoms with Crippen LogP contribution >= 0.6 is 0 Å². The minimum atomic E-state index is -0.896. The molecule has 1 aliphatic rings. The maximum absolute atomic E-state index is 11.8. The van der Waals surface area contributed by atoms with E-state index in [2.05, 4.69) is 17.0 Å². The molecule has 1 fully saturated rings. The molecule has 1 N–H and O–H groups in total. The van der Waals surface area contributed by atoms with Crippen LogP contribution in [0, 0.1) is 13.8 Å². The second-order valence-electron chi connectivity index (χ2n) is 6.47. The average Bonchev–Trinajstić information content (AvgIpc) is 3.10. The highest BCUT2D eigenvalue weighted by Crippen LogP contribution is 2.25. The van der Waals surface area contributed by atoms with Gasteiger partial charge in [-0.1, -0.05) is 35.9 Å². The molecule has 1 saturated heterocycles. The summed E-state index contributed by atoms with van der Waals surface area (Å²) in [4.78, 5) is 14.1. The number of aliphatic carboxylic acids is 1. The quantitative estimate of drug-likeness (QED) is 0.664. The van der Waals surface area contributed by atoms with E-state index < -0.39 is 5.97 Å². The normalized spacial score (nSPS) is 14.9. The van der Waals surface area contributed by atoms with Gasteiger partial charge in [0, 0.05) is 18.8 Å². The van der Waals surface area contributed by atoms with Crippen LogP contribution in [-0.4, -0.2) is 24.2 Å². The van der Waals surface area contributed by atoms with Crippen molar-refractivity contribution < 1.29 is 9.90 Å². The Morgan fingerprint density at radius 2 is 1.71 bits per heavy atom. The number of carboxylic acid groups (broad SMARTS) is 1. The smallest absolute Gasteiger partial charge is 0.336 e. The van der Waals surface area contributed by atoms with Crippen LogP contribution in [0.3, 0.4) is 0 Å². The molecule has 0 aliphatic carbocycles. The van der Waals surface area contributed by atoms with Gasteiger partial charge in [-0.2, -0.15) is 0 Å². The Morgan fingerprint density at radius 1 is 1.04 bits per heavy atom. The third-order valence-electron chi connectivity index (χ3n) is 4.59. The lowest BCUT2D eigenvalue weighted by molar-refractivity contribution is -0.130. The van der Waals surface area contributed by atoms with Gasteiger partial charge in [0.25, 0.3) is 0 Å². The molecule has 0 radical (unpaired) electrons. The van der Waals surface area contributed by atoms with Crippen LogP contribution in [0.1, 0.15) is 35.1 Å². The fourth-order valence-corrected chi connectivity index (χ4v) is 3.20. The lowest BCUT2D eigenvalue weighted by atomic mass is 9.96. The lowest BCUT2D eigenvalue weighted by Crippen LogP contribution is -2.17. The number of nitrogens with zero attached hydrogens (tertiary/aromatic N) is 1. The molecule has 1 aliphatic heterocycles. The van der Waals surface area contributed by atoms with Crippen molar-refractivity contribution in [1.82, 2.24) is 0 Å². The van der Waals surface area contributed by atoms with Crippen molar-refractivity contribution in [2.24, 2.45) is 0 Å². The third kappa shape index (κ3) is 3.51. The van der Waals surface area contributed by atoms with Crippen LogP contribution in [0.15, 0.2) is 42.5 Å². The summed E-state index contributed by atoms with van der Waals surface area (Å²) >= 11 is 0. The summed E-state index contributed by atoms with van der Waals surface area (Å²) in [6.45, 7) is 6.14. The number of rotatable bonds is 4. The fraction of sp³-hybridized carbons (Fsp3) is 0.286. The Hall–Kier alpha value is -2.55. The first kappa shape index (κ1) is 16.3. The molecule has 1 heterocycles. The molecular weight excluding hydrogens is 298 g/mol. The minimum absolute atomic E-state index is 0.338. The number of benzene rings is 2. The Labute approximate surface area is 143 Å². The van der Waals surface area contributed by atoms with Crippen LogP contribution in [-0.2, 0) is 4.79 Å². The molecule has 2 aromatic carbocycles. The van der Waals surface area contributed by atoms with Crippen molar-refractivity contribution in [2.75, 3.05) is 18.0 Å². The number of carboxylic acids is 1. The molecular formula is C21H23NO2. The molecule has 0 atom stereocenters. The second-order valence-corrected chi connectivity index (χ2v) is 6.47. The van der Waals surface area contributed by atoms with Crippen molar-refractivity contribution >= 4 is 23.3 Å². The topological polar surface area (TPSA) is 40.5 Å². The van der Waals surface area contributed by atoms with E-state index in [1.165, 1.54) is 18.5 Å². The highest BCUT2D eigenvalue weighted by molar-refractivity contribution is 6.21. The number of hydrogen-bond acceptors (Lipinski definition) is 2. The van der Waals surface area contributed by atoms with Crippen LogP contribution in [0.25, 0.3) is 11.6 Å². The van der Waals surface area contributed by atoms with Crippen molar-refractivity contribution in [3.8, 4) is 0 Å². The minimum Gasteiger partial charge on any atom is -0.478 e. The van der Waals surface area contributed by atoms with Gasteiger partial charge in [0.15, 0.2) is 0 Å². The van der Waals surface area contributed by atoms with Gasteiger partial charge in [-0.3, -0.25) is 0 Å². The van der Waals surface area contributed by atoms with E-state index in [-0.39, 0.29) is 0 Å². The number of aryl methyl sites for hydroxylation is 2.